The van der Waals surface area contributed by atoms with Gasteiger partial charge in [-0.15, -0.1) is 5.16 Å². The number of oxime groups is 1. The van der Waals surface area contributed by atoms with Crippen LogP contribution in [-0.2, 0) is 62.4 Å². The molecule has 0 atom stereocenters. The van der Waals surface area contributed by atoms with Crippen LogP contribution in [0.2, 0.25) is 72.5 Å². The monoisotopic (exact) mass is 1490 g/mol. The number of carboxylic acids is 1. The number of aliphatic hydroxyl groups excluding tert-OH is 4. The number of aldehydes is 1. The van der Waals surface area contributed by atoms with Crippen molar-refractivity contribution in [3.63, 3.8) is 0 Å². The molecule has 0 radical (unpaired) electrons. The minimum Gasteiger partial charge on any atom is -0.475 e. The number of hydrogen-bond donors (Lipinski definition) is 6. The highest BCUT2D eigenvalue weighted by atomic mass is 28.4. The Balaban J connectivity index is -0.000000530. The van der Waals surface area contributed by atoms with Crippen molar-refractivity contribution in [1.82, 2.24) is 20.6 Å². The van der Waals surface area contributed by atoms with E-state index in [1.165, 1.54) is 24.4 Å². The second-order valence-electron chi connectivity index (χ2n) is 27.7. The third-order valence-electron chi connectivity index (χ3n) is 15.6. The van der Waals surface area contributed by atoms with Crippen LogP contribution < -0.4 is 0 Å². The fourth-order valence-corrected chi connectivity index (χ4v) is 9.80. The van der Waals surface area contributed by atoms with Crippen molar-refractivity contribution in [2.75, 3.05) is 86.0 Å². The summed E-state index contributed by atoms with van der Waals surface area (Å²) in [4.78, 5) is 53.8. The van der Waals surface area contributed by atoms with Gasteiger partial charge in [-0.2, -0.15) is 0 Å². The Hall–Kier alpha value is -5.73. The largest absolute Gasteiger partial charge is 0.475 e. The molecule has 0 spiro atoms. The van der Waals surface area contributed by atoms with E-state index >= 15 is 0 Å². The van der Waals surface area contributed by atoms with E-state index in [9.17, 15) is 32.8 Å². The number of aryl methyl sites for hydroxylation is 2. The van der Waals surface area contributed by atoms with Gasteiger partial charge in [-0.3, -0.25) is 8.78 Å². The van der Waals surface area contributed by atoms with Gasteiger partial charge in [0.15, 0.2) is 33.3 Å². The lowest BCUT2D eigenvalue weighted by atomic mass is 10.2. The van der Waals surface area contributed by atoms with Crippen LogP contribution in [0, 0.1) is 0 Å². The number of carbonyl (C=O) groups is 5. The van der Waals surface area contributed by atoms with Crippen molar-refractivity contribution in [2.45, 2.75) is 228 Å². The number of hydrogen-bond acceptors (Lipinski definition) is 26. The first kappa shape index (κ1) is 99.6. The Morgan fingerprint density at radius 2 is 0.747 bits per heavy atom. The van der Waals surface area contributed by atoms with Crippen molar-refractivity contribution in [3.05, 3.63) is 70.1 Å². The van der Waals surface area contributed by atoms with E-state index in [1.807, 2.05) is 0 Å². The summed E-state index contributed by atoms with van der Waals surface area (Å²) in [5.41, 5.74) is 2.01. The molecule has 0 fully saturated rings. The van der Waals surface area contributed by atoms with Gasteiger partial charge >= 0.3 is 23.9 Å². The number of alkyl halides is 2. The molecule has 574 valence electrons. The molecule has 0 saturated carbocycles. The summed E-state index contributed by atoms with van der Waals surface area (Å²) in [6.45, 7) is 52.0. The molecule has 6 N–H and O–H groups in total. The van der Waals surface area contributed by atoms with Gasteiger partial charge in [-0.25, -0.2) is 19.2 Å². The second-order valence-corrected chi connectivity index (χ2v) is 46.9. The first-order chi connectivity index (χ1) is 45.8. The number of carbonyl (C=O) groups excluding carboxylic acids is 4. The number of halogens is 2. The third kappa shape index (κ3) is 45.7. The highest BCUT2D eigenvalue weighted by Gasteiger charge is 2.39. The molecule has 0 unspecified atom stereocenters. The van der Waals surface area contributed by atoms with E-state index in [2.05, 4.69) is 180 Å². The predicted molar refractivity (Wildman–Crippen MR) is 383 cm³/mol. The van der Waals surface area contributed by atoms with E-state index in [0.29, 0.717) is 94.5 Å². The van der Waals surface area contributed by atoms with Crippen molar-refractivity contribution in [3.8, 4) is 0 Å². The van der Waals surface area contributed by atoms with Crippen LogP contribution in [0.3, 0.4) is 0 Å². The summed E-state index contributed by atoms with van der Waals surface area (Å²) in [5, 5.41) is 67.7. The van der Waals surface area contributed by atoms with Crippen LogP contribution in [0.5, 0.6) is 0 Å². The summed E-state index contributed by atoms with van der Waals surface area (Å²) in [5.74, 6) is -2.78. The van der Waals surface area contributed by atoms with Gasteiger partial charge < -0.3 is 85.5 Å². The van der Waals surface area contributed by atoms with Crippen molar-refractivity contribution in [1.29, 1.82) is 0 Å². The van der Waals surface area contributed by atoms with E-state index in [1.54, 1.807) is 26.8 Å². The van der Waals surface area contributed by atoms with Crippen LogP contribution in [0.15, 0.2) is 47.5 Å². The number of nitrogens with zero attached hydrogens (tertiary/aromatic N) is 5. The first-order valence-corrected chi connectivity index (χ1v) is 44.7. The molecule has 0 aliphatic carbocycles. The van der Waals surface area contributed by atoms with Crippen LogP contribution in [0.1, 0.15) is 195 Å². The number of aliphatic hydroxyl groups is 4. The Labute approximate surface area is 590 Å². The van der Waals surface area contributed by atoms with Gasteiger partial charge in [0, 0.05) is 122 Å². The van der Waals surface area contributed by atoms with Gasteiger partial charge in [0.25, 0.3) is 0 Å². The molecule has 0 saturated heterocycles. The lowest BCUT2D eigenvalue weighted by Crippen LogP contribution is -2.41. The van der Waals surface area contributed by atoms with Crippen LogP contribution in [0.4, 0.5) is 8.78 Å². The average Bonchev–Trinajstić information content (AvgIpc) is 1.84. The second kappa shape index (κ2) is 52.3. The van der Waals surface area contributed by atoms with Crippen LogP contribution in [0.25, 0.3) is 0 Å². The van der Waals surface area contributed by atoms with E-state index in [0.717, 1.165) is 12.7 Å². The standard InChI is InChI=1S/C14H25NO4Si.C9H21NO2Si.C9H22O2Si.C9H20O2Si.C8H10FNO3.C8H11NO4.C6H6FNO3.C3H8O2/c1-7-17-13(16)12-10-11(15-19-12)8-9-18-20(5,6)14(2,3)4;1-9(2,3)13(4,5)12-8-6-7-10-11;2*1-9(2,3)12(4,5)11-8-6-7-10;1-2-12-8(11)7-5-6(3-4-9)10-13-7;1-2-12-8(11)7-5-6(3-4-10)9-13-7;7-2-1-4-3-5(6(9)10)11-8-4;4-2-1-3-5/h10H,7-9H2,1-6H3;7,11H,6,8H2,1-5H3;10H,6-8H2,1-5H3;7H,6,8H2,1-5H3;5H,2-4H2,1H3;5,10H,2-4H2,1H3;3H,1-2H2,(H,9,10);4-5H,1-3H2/b;10-7+;;;;;;. The molecule has 4 aromatic rings. The van der Waals surface area contributed by atoms with Crippen LogP contribution >= 0.6 is 0 Å². The highest BCUT2D eigenvalue weighted by molar-refractivity contribution is 6.75. The molecule has 4 rings (SSSR count). The van der Waals surface area contributed by atoms with Crippen molar-refractivity contribution in [2.24, 2.45) is 5.16 Å². The van der Waals surface area contributed by atoms with Crippen molar-refractivity contribution >= 4 is 69.6 Å². The molecule has 0 amide bonds. The quantitative estimate of drug-likeness (QED) is 0.00398. The molecule has 27 nitrogen and oxygen atoms in total. The summed E-state index contributed by atoms with van der Waals surface area (Å²) in [7, 11) is -6.49. The van der Waals surface area contributed by atoms with Gasteiger partial charge in [-0.1, -0.05) is 104 Å². The van der Waals surface area contributed by atoms with Gasteiger partial charge in [0.2, 0.25) is 23.0 Å². The topological polar surface area (TPSA) is 388 Å². The molecule has 0 aromatic carbocycles. The third-order valence-corrected chi connectivity index (χ3v) is 33.7. The van der Waals surface area contributed by atoms with E-state index < -0.39 is 70.5 Å². The number of rotatable bonds is 31. The molecule has 33 heteroatoms. The lowest BCUT2D eigenvalue weighted by molar-refractivity contribution is -0.108. The molecule has 4 aromatic heterocycles. The zero-order valence-corrected chi connectivity index (χ0v) is 67.5. The molecule has 0 aliphatic rings. The molecule has 0 bridgehead atoms. The molecule has 99 heavy (non-hydrogen) atoms. The smallest absolute Gasteiger partial charge is 0.377 e. The zero-order valence-electron chi connectivity index (χ0n) is 63.5. The molecular formula is C66H123F2N5O22Si4. The minimum atomic E-state index is -1.74. The Morgan fingerprint density at radius 1 is 0.455 bits per heavy atom. The maximum absolute atomic E-state index is 11.8. The van der Waals surface area contributed by atoms with Crippen molar-refractivity contribution < 1.29 is 114 Å². The fraction of sp³-hybridized carbons (Fsp3) is 0.727. The highest BCUT2D eigenvalue weighted by Crippen LogP contribution is 2.39. The number of carboxylic acid groups (broad SMARTS) is 1. The zero-order chi connectivity index (χ0) is 77.3. The normalized spacial score (nSPS) is 11.7. The Morgan fingerprint density at radius 3 is 1.01 bits per heavy atom. The van der Waals surface area contributed by atoms with E-state index in [-0.39, 0.29) is 89.1 Å². The Bertz CT molecular complexity index is 2720. The number of esters is 3. The number of aromatic nitrogens is 4. The SMILES string of the molecule is CC(C)(C)[Si](C)(C)OCC/C=N/O.CC(C)(C)[Si](C)(C)OCCC=O.CC(C)(C)[Si](C)(C)OCCCO.CCOC(=O)c1cc(CCF)no1.CCOC(=O)c1cc(CCO)no1.CCOC(=O)c1cc(CCO[Si](C)(C)C(C)(C)C)no1.O=C(O)c1cc(CCF)no1.OCCCO. The summed E-state index contributed by atoms with van der Waals surface area (Å²) < 4.78 is 79.8. The summed E-state index contributed by atoms with van der Waals surface area (Å²) in [6.07, 6.45) is 6.10. The van der Waals surface area contributed by atoms with E-state index in [4.69, 9.17) is 62.2 Å². The maximum atomic E-state index is 11.8. The predicted octanol–water partition coefficient (Wildman–Crippen LogP) is 13.3. The molecule has 0 aliphatic heterocycles. The fourth-order valence-electron chi connectivity index (χ4n) is 5.55. The molecular weight excluding hydrogens is 1370 g/mol. The van der Waals surface area contributed by atoms with Crippen LogP contribution in [-0.4, -0.2) is 207 Å². The lowest BCUT2D eigenvalue weighted by Gasteiger charge is -2.36. The summed E-state index contributed by atoms with van der Waals surface area (Å²) >= 11 is 0. The number of ether oxygens (including phenoxy) is 3. The number of aromatic carboxylic acids is 1. The van der Waals surface area contributed by atoms with Gasteiger partial charge in [0.1, 0.15) is 6.29 Å². The maximum Gasteiger partial charge on any atom is 0.377 e. The van der Waals surface area contributed by atoms with Gasteiger partial charge in [-0.05, 0) is 106 Å². The first-order valence-electron chi connectivity index (χ1n) is 33.1. The Kier molecular flexibility index (Phi) is 52.6. The average molecular weight is 1490 g/mol. The van der Waals surface area contributed by atoms with Gasteiger partial charge in [0.05, 0.1) is 55.9 Å². The summed E-state index contributed by atoms with van der Waals surface area (Å²) in [6, 6.07) is 5.68. The minimum absolute atomic E-state index is 0.0188. The molecule has 4 heterocycles.